The number of aromatic nitrogens is 2. The SMILES string of the molecule is N#Cc1cc(N)cc(C2=NC3=NC(c4ccc(N5CCCCC5)cc4Nc4ccccn4)=CC4=CC(c5ccc(N6CCCCC6)cc5Nc5ccccn5)=NC(=N2)N43)c1. The molecular formula is C47H43N13. The number of hydrogen-bond donors (Lipinski definition) is 3. The minimum Gasteiger partial charge on any atom is -0.399 e. The van der Waals surface area contributed by atoms with Crippen molar-refractivity contribution in [2.24, 2.45) is 20.0 Å². The van der Waals surface area contributed by atoms with Crippen molar-refractivity contribution in [3.05, 3.63) is 143 Å². The Hall–Kier alpha value is -7.59. The van der Waals surface area contributed by atoms with E-state index in [0.29, 0.717) is 46.0 Å². The molecule has 2 saturated heterocycles. The molecule has 0 aliphatic carbocycles. The van der Waals surface area contributed by atoms with Gasteiger partial charge in [-0.05, 0) is 130 Å². The summed E-state index contributed by atoms with van der Waals surface area (Å²) in [6, 6.07) is 32.0. The molecule has 5 aliphatic heterocycles. The van der Waals surface area contributed by atoms with Crippen molar-refractivity contribution in [2.45, 2.75) is 38.5 Å². The molecule has 0 unspecified atom stereocenters. The summed E-state index contributed by atoms with van der Waals surface area (Å²) in [7, 11) is 0. The molecule has 4 N–H and O–H groups in total. The van der Waals surface area contributed by atoms with Gasteiger partial charge in [-0.1, -0.05) is 12.1 Å². The first-order chi connectivity index (χ1) is 29.5. The number of guanidine groups is 2. The molecule has 2 aromatic heterocycles. The molecule has 0 atom stereocenters. The van der Waals surface area contributed by atoms with Gasteiger partial charge in [-0.25, -0.2) is 24.9 Å². The minimum absolute atomic E-state index is 0.356. The number of nitrogens with zero attached hydrogens (tertiary/aromatic N) is 10. The highest BCUT2D eigenvalue weighted by molar-refractivity contribution is 6.27. The zero-order valence-corrected chi connectivity index (χ0v) is 33.1. The van der Waals surface area contributed by atoms with E-state index in [2.05, 4.69) is 85.0 Å². The third-order valence-corrected chi connectivity index (χ3v) is 11.3. The first kappa shape index (κ1) is 36.7. The lowest BCUT2D eigenvalue weighted by Gasteiger charge is -2.34. The molecule has 5 aromatic rings. The van der Waals surface area contributed by atoms with E-state index in [9.17, 15) is 5.26 Å². The molecule has 0 bridgehead atoms. The molecule has 60 heavy (non-hydrogen) atoms. The third kappa shape index (κ3) is 7.46. The summed E-state index contributed by atoms with van der Waals surface area (Å²) in [4.78, 5) is 36.4. The third-order valence-electron chi connectivity index (χ3n) is 11.3. The van der Waals surface area contributed by atoms with Crippen molar-refractivity contribution in [3.63, 3.8) is 0 Å². The zero-order valence-electron chi connectivity index (χ0n) is 33.1. The van der Waals surface area contributed by atoms with E-state index in [-0.39, 0.29) is 0 Å². The molecule has 7 heterocycles. The fraction of sp³-hybridized carbons (Fsp3) is 0.213. The minimum atomic E-state index is 0.356. The normalized spacial score (nSPS) is 17.2. The number of nitriles is 1. The van der Waals surface area contributed by atoms with Crippen LogP contribution in [0.25, 0.3) is 5.70 Å². The molecule has 296 valence electrons. The maximum atomic E-state index is 9.83. The number of benzene rings is 3. The quantitative estimate of drug-likeness (QED) is 0.124. The van der Waals surface area contributed by atoms with Crippen molar-refractivity contribution >= 4 is 69.2 Å². The number of nitrogens with two attached hydrogens (primary N) is 1. The van der Waals surface area contributed by atoms with Crippen molar-refractivity contribution < 1.29 is 0 Å². The van der Waals surface area contributed by atoms with Gasteiger partial charge in [0.25, 0.3) is 0 Å². The Labute approximate surface area is 348 Å². The number of allylic oxidation sites excluding steroid dienone is 2. The number of piperidine rings is 2. The maximum absolute atomic E-state index is 9.83. The number of anilines is 7. The van der Waals surface area contributed by atoms with Crippen molar-refractivity contribution in [2.75, 3.05) is 52.3 Å². The van der Waals surface area contributed by atoms with Gasteiger partial charge in [-0.15, -0.1) is 0 Å². The Balaban J connectivity index is 1.13. The van der Waals surface area contributed by atoms with E-state index in [4.69, 9.17) is 25.7 Å². The molecule has 2 fully saturated rings. The molecule has 5 aliphatic rings. The van der Waals surface area contributed by atoms with Crippen molar-refractivity contribution in [1.82, 2.24) is 14.9 Å². The number of hydrogen-bond acceptors (Lipinski definition) is 13. The number of pyridine rings is 2. The van der Waals surface area contributed by atoms with Gasteiger partial charge in [0.2, 0.25) is 11.9 Å². The van der Waals surface area contributed by atoms with Crippen LogP contribution in [0.1, 0.15) is 60.8 Å². The summed E-state index contributed by atoms with van der Waals surface area (Å²) in [5, 5.41) is 17.0. The molecule has 13 nitrogen and oxygen atoms in total. The molecule has 0 amide bonds. The predicted octanol–water partition coefficient (Wildman–Crippen LogP) is 8.61. The number of nitrogens with one attached hydrogen (secondary N) is 2. The first-order valence-corrected chi connectivity index (χ1v) is 20.6. The highest BCUT2D eigenvalue weighted by Gasteiger charge is 2.34. The maximum Gasteiger partial charge on any atom is 0.239 e. The fourth-order valence-electron chi connectivity index (χ4n) is 8.33. The zero-order chi connectivity index (χ0) is 40.4. The first-order valence-electron chi connectivity index (χ1n) is 20.6. The van der Waals surface area contributed by atoms with Gasteiger partial charge < -0.3 is 26.2 Å². The highest BCUT2D eigenvalue weighted by atomic mass is 15.4. The second-order valence-corrected chi connectivity index (χ2v) is 15.4. The van der Waals surface area contributed by atoms with E-state index < -0.39 is 0 Å². The average Bonchev–Trinajstić information content (AvgIpc) is 3.29. The van der Waals surface area contributed by atoms with E-state index in [1.165, 1.54) is 38.5 Å². The van der Waals surface area contributed by atoms with Gasteiger partial charge in [0.05, 0.1) is 40.1 Å². The smallest absolute Gasteiger partial charge is 0.239 e. The number of amidine groups is 1. The Morgan fingerprint density at radius 1 is 0.600 bits per heavy atom. The summed E-state index contributed by atoms with van der Waals surface area (Å²) >= 11 is 0. The second kappa shape index (κ2) is 16.0. The van der Waals surface area contributed by atoms with Crippen LogP contribution in [-0.4, -0.2) is 64.5 Å². The standard InChI is InChI=1S/C47H43N13/c48-30-31-23-32(25-33(49)24-31)45-56-46-54-41(37-15-13-34(58-19-7-1-8-20-58)26-39(37)52-43-11-3-5-17-50-43)28-36-29-42(55-47(57-45)60(36)46)38-16-14-35(59-21-9-2-10-22-59)27-40(38)53-44-12-4-6-18-51-44/h3-6,11-18,23-29H,1-2,7-10,19-22,49H2,(H,50,52)(H,51,53). The fourth-order valence-corrected chi connectivity index (χ4v) is 8.33. The Bertz CT molecular complexity index is 2590. The Morgan fingerprint density at radius 2 is 1.22 bits per heavy atom. The summed E-state index contributed by atoms with van der Waals surface area (Å²) in [5.74, 6) is 2.62. The number of aliphatic imine (C=N–C) groups is 4. The highest BCUT2D eigenvalue weighted by Crippen LogP contribution is 2.38. The van der Waals surface area contributed by atoms with Gasteiger partial charge in [0, 0.05) is 72.3 Å². The topological polar surface area (TPSA) is 159 Å². The summed E-state index contributed by atoms with van der Waals surface area (Å²) in [5.41, 5.74) is 15.8. The van der Waals surface area contributed by atoms with Gasteiger partial charge in [-0.3, -0.25) is 0 Å². The van der Waals surface area contributed by atoms with Gasteiger partial charge >= 0.3 is 0 Å². The van der Waals surface area contributed by atoms with Gasteiger partial charge in [-0.2, -0.15) is 15.2 Å². The molecule has 0 spiro atoms. The van der Waals surface area contributed by atoms with Gasteiger partial charge in [0.15, 0.2) is 5.84 Å². The second-order valence-electron chi connectivity index (χ2n) is 15.4. The van der Waals surface area contributed by atoms with Crippen LogP contribution in [0, 0.1) is 11.3 Å². The number of nitrogen functional groups attached to an aromatic ring is 1. The van der Waals surface area contributed by atoms with Crippen LogP contribution in [-0.2, 0) is 0 Å². The lowest BCUT2D eigenvalue weighted by atomic mass is 10.0. The summed E-state index contributed by atoms with van der Waals surface area (Å²) in [6.45, 7) is 4.07. The monoisotopic (exact) mass is 789 g/mol. The largest absolute Gasteiger partial charge is 0.399 e. The molecule has 10 rings (SSSR count). The van der Waals surface area contributed by atoms with Crippen LogP contribution >= 0.6 is 0 Å². The lowest BCUT2D eigenvalue weighted by Crippen LogP contribution is -2.42. The van der Waals surface area contributed by atoms with E-state index >= 15 is 0 Å². The van der Waals surface area contributed by atoms with E-state index in [1.54, 1.807) is 30.6 Å². The summed E-state index contributed by atoms with van der Waals surface area (Å²) in [6.07, 6.45) is 14.9. The van der Waals surface area contributed by atoms with E-state index in [0.717, 1.165) is 77.4 Å². The van der Waals surface area contributed by atoms with Crippen LogP contribution in [0.4, 0.5) is 40.1 Å². The Kier molecular flexibility index (Phi) is 9.78. The molecule has 0 saturated carbocycles. The lowest BCUT2D eigenvalue weighted by molar-refractivity contribution is 0.578. The van der Waals surface area contributed by atoms with Crippen LogP contribution < -0.4 is 26.2 Å². The summed E-state index contributed by atoms with van der Waals surface area (Å²) < 4.78 is 0. The van der Waals surface area contributed by atoms with Crippen molar-refractivity contribution in [3.8, 4) is 6.07 Å². The van der Waals surface area contributed by atoms with Gasteiger partial charge in [0.1, 0.15) is 11.6 Å². The molecule has 3 aromatic carbocycles. The number of rotatable bonds is 9. The van der Waals surface area contributed by atoms with Crippen LogP contribution in [0.2, 0.25) is 0 Å². The van der Waals surface area contributed by atoms with Crippen LogP contribution in [0.5, 0.6) is 0 Å². The van der Waals surface area contributed by atoms with Crippen LogP contribution in [0.15, 0.2) is 141 Å². The molecule has 0 radical (unpaired) electrons. The predicted molar refractivity (Wildman–Crippen MR) is 241 cm³/mol. The molecule has 13 heteroatoms. The molecular weight excluding hydrogens is 747 g/mol. The average molecular weight is 790 g/mol. The van der Waals surface area contributed by atoms with E-state index in [1.807, 2.05) is 41.3 Å². The van der Waals surface area contributed by atoms with Crippen LogP contribution in [0.3, 0.4) is 0 Å². The Morgan fingerprint density at radius 3 is 1.83 bits per heavy atom. The van der Waals surface area contributed by atoms with Crippen molar-refractivity contribution in [1.29, 1.82) is 5.26 Å².